The molecule has 1 saturated heterocycles. The van der Waals surface area contributed by atoms with Crippen molar-refractivity contribution in [2.24, 2.45) is 5.92 Å². The third kappa shape index (κ3) is 4.42. The molecule has 1 fully saturated rings. The third-order valence-electron chi connectivity index (χ3n) is 3.23. The number of carbonyl (C=O) groups excluding carboxylic acids is 1. The minimum atomic E-state index is -0.0789. The van der Waals surface area contributed by atoms with Crippen LogP contribution in [0.15, 0.2) is 28.7 Å². The van der Waals surface area contributed by atoms with Gasteiger partial charge in [0.1, 0.15) is 6.61 Å². The molecule has 1 aromatic rings. The summed E-state index contributed by atoms with van der Waals surface area (Å²) in [6, 6.07) is 7.83. The van der Waals surface area contributed by atoms with Gasteiger partial charge in [0.2, 0.25) is 0 Å². The highest BCUT2D eigenvalue weighted by atomic mass is 79.9. The number of nitrogens with one attached hydrogen (secondary N) is 1. The fraction of sp³-hybridized carbons (Fsp3) is 0.500. The van der Waals surface area contributed by atoms with Crippen molar-refractivity contribution in [3.63, 3.8) is 0 Å². The average Bonchev–Trinajstić information content (AvgIpc) is 2.39. The van der Waals surface area contributed by atoms with Gasteiger partial charge in [0, 0.05) is 10.9 Å². The predicted octanol–water partition coefficient (Wildman–Crippen LogP) is 2.88. The molecule has 18 heavy (non-hydrogen) atoms. The number of piperidine rings is 1. The Morgan fingerprint density at radius 2 is 1.94 bits per heavy atom. The smallest absolute Gasteiger partial charge is 0.306 e. The number of halogens is 1. The van der Waals surface area contributed by atoms with Crippen LogP contribution in [0.2, 0.25) is 0 Å². The predicted molar refractivity (Wildman–Crippen MR) is 74.1 cm³/mol. The fourth-order valence-corrected chi connectivity index (χ4v) is 2.39. The summed E-state index contributed by atoms with van der Waals surface area (Å²) in [6.07, 6.45) is 2.71. The van der Waals surface area contributed by atoms with E-state index >= 15 is 0 Å². The zero-order valence-corrected chi connectivity index (χ0v) is 11.9. The summed E-state index contributed by atoms with van der Waals surface area (Å²) in [5.41, 5.74) is 1.02. The van der Waals surface area contributed by atoms with Crippen molar-refractivity contribution in [1.29, 1.82) is 0 Å². The van der Waals surface area contributed by atoms with Gasteiger partial charge >= 0.3 is 5.97 Å². The second kappa shape index (κ2) is 6.90. The number of rotatable bonds is 4. The first-order valence-electron chi connectivity index (χ1n) is 6.35. The van der Waals surface area contributed by atoms with E-state index in [2.05, 4.69) is 21.2 Å². The maximum Gasteiger partial charge on any atom is 0.306 e. The van der Waals surface area contributed by atoms with Crippen LogP contribution in [0.1, 0.15) is 24.8 Å². The lowest BCUT2D eigenvalue weighted by Crippen LogP contribution is -2.29. The molecule has 0 radical (unpaired) electrons. The molecule has 0 spiro atoms. The Hall–Kier alpha value is -0.870. The summed E-state index contributed by atoms with van der Waals surface area (Å²) in [5.74, 6) is 0.411. The maximum atomic E-state index is 11.7. The number of hydrogen-bond acceptors (Lipinski definition) is 3. The molecule has 4 heteroatoms. The summed E-state index contributed by atoms with van der Waals surface area (Å²) in [7, 11) is 0. The number of carbonyl (C=O) groups is 1. The summed E-state index contributed by atoms with van der Waals surface area (Å²) in [6.45, 7) is 2.41. The van der Waals surface area contributed by atoms with Gasteiger partial charge < -0.3 is 10.1 Å². The van der Waals surface area contributed by atoms with Crippen LogP contribution in [-0.4, -0.2) is 19.1 Å². The lowest BCUT2D eigenvalue weighted by atomic mass is 9.95. The Morgan fingerprint density at radius 1 is 1.28 bits per heavy atom. The molecule has 3 nitrogen and oxygen atoms in total. The van der Waals surface area contributed by atoms with E-state index in [4.69, 9.17) is 4.74 Å². The summed E-state index contributed by atoms with van der Waals surface area (Å²) in [4.78, 5) is 11.7. The Morgan fingerprint density at radius 3 is 2.61 bits per heavy atom. The van der Waals surface area contributed by atoms with Crippen LogP contribution in [0, 0.1) is 5.92 Å². The average molecular weight is 312 g/mol. The van der Waals surface area contributed by atoms with Crippen LogP contribution in [-0.2, 0) is 16.1 Å². The molecule has 0 atom stereocenters. The summed E-state index contributed by atoms with van der Waals surface area (Å²) in [5, 5.41) is 3.29. The fourth-order valence-electron chi connectivity index (χ4n) is 2.12. The zero-order valence-electron chi connectivity index (χ0n) is 10.3. The van der Waals surface area contributed by atoms with Crippen LogP contribution in [0.3, 0.4) is 0 Å². The molecule has 1 heterocycles. The van der Waals surface area contributed by atoms with Gasteiger partial charge in [-0.05, 0) is 49.5 Å². The van der Waals surface area contributed by atoms with E-state index in [0.29, 0.717) is 18.9 Å². The normalized spacial score (nSPS) is 16.5. The first-order valence-corrected chi connectivity index (χ1v) is 7.14. The third-order valence-corrected chi connectivity index (χ3v) is 3.76. The Kier molecular flexibility index (Phi) is 5.20. The Balaban J connectivity index is 1.72. The van der Waals surface area contributed by atoms with Crippen LogP contribution < -0.4 is 5.32 Å². The molecule has 98 valence electrons. The van der Waals surface area contributed by atoms with Crippen molar-refractivity contribution in [1.82, 2.24) is 5.32 Å². The first kappa shape index (κ1) is 13.6. The quantitative estimate of drug-likeness (QED) is 0.869. The zero-order chi connectivity index (χ0) is 12.8. The first-order chi connectivity index (χ1) is 8.74. The standard InChI is InChI=1S/C14H18BrNO2/c15-13-3-1-12(2-4-13)10-18-14(17)9-11-5-7-16-8-6-11/h1-4,11,16H,5-10H2. The van der Waals surface area contributed by atoms with Crippen molar-refractivity contribution in [3.8, 4) is 0 Å². The van der Waals surface area contributed by atoms with Gasteiger partial charge in [-0.3, -0.25) is 4.79 Å². The molecule has 0 unspecified atom stereocenters. The molecular weight excluding hydrogens is 294 g/mol. The van der Waals surface area contributed by atoms with Gasteiger partial charge in [0.15, 0.2) is 0 Å². The highest BCUT2D eigenvalue weighted by molar-refractivity contribution is 9.10. The Bertz CT molecular complexity index is 385. The number of hydrogen-bond donors (Lipinski definition) is 1. The lowest BCUT2D eigenvalue weighted by Gasteiger charge is -2.21. The second-order valence-electron chi connectivity index (χ2n) is 4.68. The molecule has 1 aliphatic rings. The molecule has 1 aliphatic heterocycles. The van der Waals surface area contributed by atoms with E-state index in [1.54, 1.807) is 0 Å². The van der Waals surface area contributed by atoms with Crippen molar-refractivity contribution in [2.45, 2.75) is 25.9 Å². The van der Waals surface area contributed by atoms with Crippen molar-refractivity contribution < 1.29 is 9.53 Å². The molecular formula is C14H18BrNO2. The molecule has 1 N–H and O–H groups in total. The largest absolute Gasteiger partial charge is 0.461 e. The molecule has 0 saturated carbocycles. The molecule has 2 rings (SSSR count). The van der Waals surface area contributed by atoms with E-state index in [1.165, 1.54) is 0 Å². The SMILES string of the molecule is O=C(CC1CCNCC1)OCc1ccc(Br)cc1. The molecule has 1 aromatic carbocycles. The number of ether oxygens (including phenoxy) is 1. The van der Waals surface area contributed by atoms with Gasteiger partial charge in [-0.1, -0.05) is 28.1 Å². The van der Waals surface area contributed by atoms with Crippen LogP contribution >= 0.6 is 15.9 Å². The number of benzene rings is 1. The van der Waals surface area contributed by atoms with Crippen molar-refractivity contribution in [2.75, 3.05) is 13.1 Å². The minimum absolute atomic E-state index is 0.0789. The number of esters is 1. The van der Waals surface area contributed by atoms with Crippen molar-refractivity contribution in [3.05, 3.63) is 34.3 Å². The van der Waals surface area contributed by atoms with Gasteiger partial charge in [0.05, 0.1) is 0 Å². The van der Waals surface area contributed by atoms with Crippen molar-refractivity contribution >= 4 is 21.9 Å². The maximum absolute atomic E-state index is 11.7. The van der Waals surface area contributed by atoms with E-state index in [1.807, 2.05) is 24.3 Å². The topological polar surface area (TPSA) is 38.3 Å². The van der Waals surface area contributed by atoms with Crippen LogP contribution in [0.5, 0.6) is 0 Å². The molecule has 0 amide bonds. The van der Waals surface area contributed by atoms with E-state index in [-0.39, 0.29) is 5.97 Å². The lowest BCUT2D eigenvalue weighted by molar-refractivity contribution is -0.146. The van der Waals surface area contributed by atoms with E-state index in [9.17, 15) is 4.79 Å². The van der Waals surface area contributed by atoms with Gasteiger partial charge in [-0.25, -0.2) is 0 Å². The minimum Gasteiger partial charge on any atom is -0.461 e. The monoisotopic (exact) mass is 311 g/mol. The van der Waals surface area contributed by atoms with E-state index < -0.39 is 0 Å². The van der Waals surface area contributed by atoms with Crippen LogP contribution in [0.4, 0.5) is 0 Å². The van der Waals surface area contributed by atoms with Crippen LogP contribution in [0.25, 0.3) is 0 Å². The van der Waals surface area contributed by atoms with Gasteiger partial charge in [0.25, 0.3) is 0 Å². The summed E-state index contributed by atoms with van der Waals surface area (Å²) < 4.78 is 6.33. The molecule has 0 aromatic heterocycles. The summed E-state index contributed by atoms with van der Waals surface area (Å²) >= 11 is 3.38. The highest BCUT2D eigenvalue weighted by Gasteiger charge is 2.17. The highest BCUT2D eigenvalue weighted by Crippen LogP contribution is 2.17. The van der Waals surface area contributed by atoms with Gasteiger partial charge in [-0.2, -0.15) is 0 Å². The Labute approximate surface area is 116 Å². The van der Waals surface area contributed by atoms with E-state index in [0.717, 1.165) is 36.0 Å². The molecule has 0 bridgehead atoms. The molecule has 0 aliphatic carbocycles. The van der Waals surface area contributed by atoms with Gasteiger partial charge in [-0.15, -0.1) is 0 Å². The second-order valence-corrected chi connectivity index (χ2v) is 5.60.